The van der Waals surface area contributed by atoms with Crippen molar-refractivity contribution in [1.82, 2.24) is 5.16 Å². The van der Waals surface area contributed by atoms with Gasteiger partial charge in [0.1, 0.15) is 17.7 Å². The number of aldehydes is 1. The molecule has 0 atom stereocenters. The summed E-state index contributed by atoms with van der Waals surface area (Å²) < 4.78 is 5.19. The summed E-state index contributed by atoms with van der Waals surface area (Å²) in [6.45, 7) is 1.97. The normalized spacial score (nSPS) is 10.6. The molecule has 18 heavy (non-hydrogen) atoms. The van der Waals surface area contributed by atoms with E-state index in [1.165, 1.54) is 0 Å². The molecule has 2 rings (SSSR count). The lowest BCUT2D eigenvalue weighted by Crippen LogP contribution is -1.92. The fraction of sp³-hybridized carbons (Fsp3) is 0.231. The molecule has 0 saturated heterocycles. The summed E-state index contributed by atoms with van der Waals surface area (Å²) in [5, 5.41) is 5.03. The monoisotopic (exact) mass is 283 g/mol. The minimum atomic E-state index is 0.207. The molecule has 0 unspecified atom stereocenters. The Hall–Kier alpha value is -1.32. The predicted molar refractivity (Wildman–Crippen MR) is 71.1 cm³/mol. The van der Waals surface area contributed by atoms with Crippen LogP contribution in [0.2, 0.25) is 10.0 Å². The first-order valence-electron chi connectivity index (χ1n) is 5.54. The van der Waals surface area contributed by atoms with Gasteiger partial charge in [-0.1, -0.05) is 41.3 Å². The zero-order valence-electron chi connectivity index (χ0n) is 9.74. The molecule has 3 nitrogen and oxygen atoms in total. The average molecular weight is 284 g/mol. The SMILES string of the molecule is CCc1c(-c2c(Cl)cccc2Cl)noc1CC=O. The summed E-state index contributed by atoms with van der Waals surface area (Å²) in [6, 6.07) is 5.26. The Kier molecular flexibility index (Phi) is 4.04. The Balaban J connectivity index is 2.60. The van der Waals surface area contributed by atoms with Crippen LogP contribution in [0.3, 0.4) is 0 Å². The van der Waals surface area contributed by atoms with Crippen LogP contribution in [0.4, 0.5) is 0 Å². The van der Waals surface area contributed by atoms with Crippen LogP contribution in [0.1, 0.15) is 18.2 Å². The van der Waals surface area contributed by atoms with Crippen LogP contribution in [-0.2, 0) is 17.6 Å². The maximum Gasteiger partial charge on any atom is 0.147 e. The van der Waals surface area contributed by atoms with Gasteiger partial charge in [0.15, 0.2) is 0 Å². The van der Waals surface area contributed by atoms with Crippen LogP contribution in [0, 0.1) is 0 Å². The summed E-state index contributed by atoms with van der Waals surface area (Å²) in [7, 11) is 0. The van der Waals surface area contributed by atoms with E-state index in [-0.39, 0.29) is 6.42 Å². The summed E-state index contributed by atoms with van der Waals surface area (Å²) in [4.78, 5) is 10.6. The van der Waals surface area contributed by atoms with Gasteiger partial charge in [0.2, 0.25) is 0 Å². The van der Waals surface area contributed by atoms with Gasteiger partial charge in [0, 0.05) is 11.1 Å². The molecule has 0 N–H and O–H groups in total. The fourth-order valence-corrected chi connectivity index (χ4v) is 2.44. The molecule has 0 amide bonds. The molecule has 1 heterocycles. The highest BCUT2D eigenvalue weighted by atomic mass is 35.5. The number of halogens is 2. The van der Waals surface area contributed by atoms with Crippen molar-refractivity contribution in [3.8, 4) is 11.3 Å². The van der Waals surface area contributed by atoms with Crippen molar-refractivity contribution in [2.75, 3.05) is 0 Å². The molecular formula is C13H11Cl2NO2. The smallest absolute Gasteiger partial charge is 0.147 e. The lowest BCUT2D eigenvalue weighted by atomic mass is 10.0. The van der Waals surface area contributed by atoms with Crippen LogP contribution in [-0.4, -0.2) is 11.4 Å². The number of benzene rings is 1. The van der Waals surface area contributed by atoms with E-state index in [2.05, 4.69) is 5.16 Å². The lowest BCUT2D eigenvalue weighted by Gasteiger charge is -2.05. The van der Waals surface area contributed by atoms with Crippen LogP contribution < -0.4 is 0 Å². The number of nitrogens with zero attached hydrogens (tertiary/aromatic N) is 1. The number of carbonyl (C=O) groups excluding carboxylic acids is 1. The molecule has 5 heteroatoms. The lowest BCUT2D eigenvalue weighted by molar-refractivity contribution is -0.107. The molecule has 1 aromatic carbocycles. The number of aromatic nitrogens is 1. The number of hydrogen-bond acceptors (Lipinski definition) is 3. The maximum absolute atomic E-state index is 10.6. The third-order valence-corrected chi connectivity index (χ3v) is 3.32. The van der Waals surface area contributed by atoms with Crippen molar-refractivity contribution in [3.63, 3.8) is 0 Å². The van der Waals surface area contributed by atoms with Gasteiger partial charge in [-0.15, -0.1) is 0 Å². The van der Waals surface area contributed by atoms with Gasteiger partial charge in [0.25, 0.3) is 0 Å². The van der Waals surface area contributed by atoms with E-state index in [1.54, 1.807) is 18.2 Å². The molecule has 0 aliphatic heterocycles. The van der Waals surface area contributed by atoms with Crippen LogP contribution in [0.5, 0.6) is 0 Å². The first-order chi connectivity index (χ1) is 8.69. The zero-order chi connectivity index (χ0) is 13.1. The van der Waals surface area contributed by atoms with E-state index in [1.807, 2.05) is 6.92 Å². The molecule has 0 aliphatic carbocycles. The Morgan fingerprint density at radius 2 is 2.00 bits per heavy atom. The molecule has 0 radical (unpaired) electrons. The van der Waals surface area contributed by atoms with Crippen molar-refractivity contribution in [2.45, 2.75) is 19.8 Å². The molecule has 1 aromatic heterocycles. The number of hydrogen-bond donors (Lipinski definition) is 0. The minimum absolute atomic E-state index is 0.207. The Bertz CT molecular complexity index is 558. The van der Waals surface area contributed by atoms with Crippen LogP contribution >= 0.6 is 23.2 Å². The van der Waals surface area contributed by atoms with Gasteiger partial charge >= 0.3 is 0 Å². The topological polar surface area (TPSA) is 43.1 Å². The molecule has 94 valence electrons. The van der Waals surface area contributed by atoms with Gasteiger partial charge in [0.05, 0.1) is 16.5 Å². The van der Waals surface area contributed by atoms with Crippen molar-refractivity contribution >= 4 is 29.5 Å². The zero-order valence-corrected chi connectivity index (χ0v) is 11.3. The summed E-state index contributed by atoms with van der Waals surface area (Å²) in [5.41, 5.74) is 2.14. The number of rotatable bonds is 4. The summed E-state index contributed by atoms with van der Waals surface area (Å²) >= 11 is 12.3. The van der Waals surface area contributed by atoms with Crippen LogP contribution in [0.25, 0.3) is 11.3 Å². The largest absolute Gasteiger partial charge is 0.360 e. The van der Waals surface area contributed by atoms with E-state index in [0.717, 1.165) is 11.8 Å². The fourth-order valence-electron chi connectivity index (χ4n) is 1.86. The van der Waals surface area contributed by atoms with E-state index >= 15 is 0 Å². The van der Waals surface area contributed by atoms with Crippen molar-refractivity contribution < 1.29 is 9.32 Å². The molecule has 0 saturated carbocycles. The van der Waals surface area contributed by atoms with Crippen molar-refractivity contribution in [1.29, 1.82) is 0 Å². The highest BCUT2D eigenvalue weighted by Crippen LogP contribution is 2.36. The standard InChI is InChI=1S/C13H11Cl2NO2/c1-2-8-11(6-7-17)18-16-13(8)12-9(14)4-3-5-10(12)15/h3-5,7H,2,6H2,1H3. The Morgan fingerprint density at radius 1 is 1.33 bits per heavy atom. The predicted octanol–water partition coefficient (Wildman–Crippen LogP) is 3.95. The van der Waals surface area contributed by atoms with Crippen LogP contribution in [0.15, 0.2) is 22.7 Å². The summed E-state index contributed by atoms with van der Waals surface area (Å²) in [6.07, 6.45) is 1.69. The van der Waals surface area contributed by atoms with Gasteiger partial charge in [-0.3, -0.25) is 0 Å². The van der Waals surface area contributed by atoms with Crippen molar-refractivity contribution in [3.05, 3.63) is 39.6 Å². The average Bonchev–Trinajstić information content (AvgIpc) is 2.72. The number of carbonyl (C=O) groups is 1. The van der Waals surface area contributed by atoms with E-state index in [4.69, 9.17) is 27.7 Å². The first-order valence-corrected chi connectivity index (χ1v) is 6.30. The summed E-state index contributed by atoms with van der Waals surface area (Å²) in [5.74, 6) is 0.568. The third kappa shape index (κ3) is 2.28. The second-order valence-corrected chi connectivity index (χ2v) is 4.57. The molecule has 0 aliphatic rings. The molecule has 0 fully saturated rings. The molecule has 0 spiro atoms. The minimum Gasteiger partial charge on any atom is -0.360 e. The molecule has 0 bridgehead atoms. The first kappa shape index (κ1) is 13.1. The van der Waals surface area contributed by atoms with E-state index in [0.29, 0.717) is 33.5 Å². The van der Waals surface area contributed by atoms with Gasteiger partial charge in [-0.2, -0.15) is 0 Å². The van der Waals surface area contributed by atoms with Crippen molar-refractivity contribution in [2.24, 2.45) is 0 Å². The quantitative estimate of drug-likeness (QED) is 0.798. The van der Waals surface area contributed by atoms with Gasteiger partial charge in [-0.05, 0) is 18.6 Å². The molecular weight excluding hydrogens is 273 g/mol. The van der Waals surface area contributed by atoms with Gasteiger partial charge < -0.3 is 9.32 Å². The van der Waals surface area contributed by atoms with E-state index in [9.17, 15) is 4.79 Å². The van der Waals surface area contributed by atoms with Gasteiger partial charge in [-0.25, -0.2) is 0 Å². The highest BCUT2D eigenvalue weighted by molar-refractivity contribution is 6.39. The highest BCUT2D eigenvalue weighted by Gasteiger charge is 2.19. The third-order valence-electron chi connectivity index (χ3n) is 2.69. The second kappa shape index (κ2) is 5.55. The second-order valence-electron chi connectivity index (χ2n) is 3.75. The maximum atomic E-state index is 10.6. The Labute approximate surface area is 115 Å². The Morgan fingerprint density at radius 3 is 2.56 bits per heavy atom. The van der Waals surface area contributed by atoms with E-state index < -0.39 is 0 Å². The molecule has 2 aromatic rings.